The molecule has 3 aromatic carbocycles. The van der Waals surface area contributed by atoms with E-state index in [1.807, 2.05) is 18.2 Å². The minimum absolute atomic E-state index is 0.0559. The fraction of sp³-hybridized carbons (Fsp3) is 0.0500. The smallest absolute Gasteiger partial charge is 0.255 e. The number of carbonyl (C=O) groups excluding carboxylic acids is 1. The predicted molar refractivity (Wildman–Crippen MR) is 102 cm³/mol. The molecule has 132 valence electrons. The van der Waals surface area contributed by atoms with Crippen LogP contribution in [0.4, 0.5) is 10.1 Å². The number of carbonyl (C=O) groups is 1. The first kappa shape index (κ1) is 18.2. The lowest BCUT2D eigenvalue weighted by Crippen LogP contribution is -2.12. The van der Waals surface area contributed by atoms with Gasteiger partial charge in [0.1, 0.15) is 18.2 Å². The average Bonchev–Trinajstić information content (AvgIpc) is 2.64. The molecule has 0 saturated carbocycles. The van der Waals surface area contributed by atoms with Crippen molar-refractivity contribution in [3.05, 3.63) is 93.7 Å². The van der Waals surface area contributed by atoms with Crippen LogP contribution in [-0.2, 0) is 6.61 Å². The van der Waals surface area contributed by atoms with Crippen molar-refractivity contribution in [2.45, 2.75) is 6.61 Å². The monoisotopic (exact) mass is 389 g/mol. The van der Waals surface area contributed by atoms with E-state index in [2.05, 4.69) is 5.32 Å². The highest BCUT2D eigenvalue weighted by Crippen LogP contribution is 2.22. The number of rotatable bonds is 5. The lowest BCUT2D eigenvalue weighted by molar-refractivity contribution is 0.102. The zero-order valence-corrected chi connectivity index (χ0v) is 15.0. The molecule has 0 atom stereocenters. The molecule has 26 heavy (non-hydrogen) atoms. The summed E-state index contributed by atoms with van der Waals surface area (Å²) in [7, 11) is 0. The normalized spacial score (nSPS) is 10.4. The maximum Gasteiger partial charge on any atom is 0.255 e. The first-order valence-corrected chi connectivity index (χ1v) is 8.51. The van der Waals surface area contributed by atoms with Gasteiger partial charge in [-0.1, -0.05) is 47.5 Å². The molecule has 1 amide bonds. The van der Waals surface area contributed by atoms with Crippen molar-refractivity contribution in [2.24, 2.45) is 0 Å². The molecule has 3 rings (SSSR count). The van der Waals surface area contributed by atoms with Crippen LogP contribution < -0.4 is 10.1 Å². The van der Waals surface area contributed by atoms with Crippen molar-refractivity contribution in [3.8, 4) is 5.75 Å². The van der Waals surface area contributed by atoms with Crippen LogP contribution in [0.25, 0.3) is 0 Å². The number of benzene rings is 3. The van der Waals surface area contributed by atoms with E-state index in [0.717, 1.165) is 5.56 Å². The van der Waals surface area contributed by atoms with Gasteiger partial charge in [-0.15, -0.1) is 0 Å². The molecule has 0 aliphatic rings. The highest BCUT2D eigenvalue weighted by molar-refractivity contribution is 6.31. The molecular formula is C20H14Cl2FNO2. The third kappa shape index (κ3) is 4.54. The maximum absolute atomic E-state index is 13.2. The minimum atomic E-state index is -0.542. The molecule has 0 spiro atoms. The molecule has 6 heteroatoms. The Kier molecular flexibility index (Phi) is 5.76. The van der Waals surface area contributed by atoms with Gasteiger partial charge in [0, 0.05) is 21.8 Å². The molecule has 0 fully saturated rings. The van der Waals surface area contributed by atoms with Gasteiger partial charge in [0.15, 0.2) is 0 Å². The first-order valence-electron chi connectivity index (χ1n) is 7.75. The maximum atomic E-state index is 13.2. The van der Waals surface area contributed by atoms with Crippen molar-refractivity contribution in [2.75, 3.05) is 5.32 Å². The number of halogens is 3. The van der Waals surface area contributed by atoms with Gasteiger partial charge in [-0.25, -0.2) is 4.39 Å². The molecule has 0 aromatic heterocycles. The largest absolute Gasteiger partial charge is 0.489 e. The topological polar surface area (TPSA) is 38.3 Å². The summed E-state index contributed by atoms with van der Waals surface area (Å²) in [4.78, 5) is 12.4. The van der Waals surface area contributed by atoms with Crippen LogP contribution in [0.3, 0.4) is 0 Å². The van der Waals surface area contributed by atoms with Crippen LogP contribution >= 0.6 is 23.2 Å². The second-order valence-electron chi connectivity index (χ2n) is 5.49. The Morgan fingerprint density at radius 1 is 0.962 bits per heavy atom. The molecule has 0 bridgehead atoms. The van der Waals surface area contributed by atoms with Crippen LogP contribution in [0.2, 0.25) is 10.0 Å². The third-order valence-electron chi connectivity index (χ3n) is 3.63. The van der Waals surface area contributed by atoms with Crippen LogP contribution in [0.15, 0.2) is 66.7 Å². The van der Waals surface area contributed by atoms with Crippen LogP contribution in [0.5, 0.6) is 5.75 Å². The summed E-state index contributed by atoms with van der Waals surface area (Å²) in [6.07, 6.45) is 0. The number of hydrogen-bond donors (Lipinski definition) is 1. The highest BCUT2D eigenvalue weighted by Gasteiger charge is 2.09. The van der Waals surface area contributed by atoms with Gasteiger partial charge in [-0.3, -0.25) is 4.79 Å². The Hall–Kier alpha value is -2.56. The van der Waals surface area contributed by atoms with E-state index in [0.29, 0.717) is 22.0 Å². The number of amides is 1. The molecule has 0 radical (unpaired) electrons. The number of ether oxygens (including phenoxy) is 1. The van der Waals surface area contributed by atoms with Gasteiger partial charge in [0.2, 0.25) is 0 Å². The first-order chi connectivity index (χ1) is 12.5. The van der Waals surface area contributed by atoms with Gasteiger partial charge < -0.3 is 10.1 Å². The SMILES string of the molecule is O=C(Nc1ccc(F)c(Cl)c1)c1cccc(OCc2ccccc2Cl)c1. The molecule has 3 aromatic rings. The number of anilines is 1. The van der Waals surface area contributed by atoms with Crippen molar-refractivity contribution in [1.82, 2.24) is 0 Å². The summed E-state index contributed by atoms with van der Waals surface area (Å²) in [5.74, 6) is -0.356. The molecule has 0 heterocycles. The van der Waals surface area contributed by atoms with Crippen LogP contribution in [0, 0.1) is 5.82 Å². The fourth-order valence-corrected chi connectivity index (χ4v) is 2.65. The van der Waals surface area contributed by atoms with Crippen LogP contribution in [-0.4, -0.2) is 5.91 Å². The minimum Gasteiger partial charge on any atom is -0.489 e. The Morgan fingerprint density at radius 2 is 1.77 bits per heavy atom. The Morgan fingerprint density at radius 3 is 2.54 bits per heavy atom. The summed E-state index contributed by atoms with van der Waals surface area (Å²) in [5.41, 5.74) is 1.66. The molecule has 0 saturated heterocycles. The van der Waals surface area contributed by atoms with E-state index in [1.165, 1.54) is 18.2 Å². The Labute approximate surface area is 160 Å². The van der Waals surface area contributed by atoms with E-state index in [-0.39, 0.29) is 17.5 Å². The summed E-state index contributed by atoms with van der Waals surface area (Å²) >= 11 is 11.8. The van der Waals surface area contributed by atoms with Gasteiger partial charge in [0.25, 0.3) is 5.91 Å². The second kappa shape index (κ2) is 8.21. The molecular weight excluding hydrogens is 376 g/mol. The lowest BCUT2D eigenvalue weighted by atomic mass is 10.2. The van der Waals surface area contributed by atoms with Crippen LogP contribution in [0.1, 0.15) is 15.9 Å². The number of nitrogens with one attached hydrogen (secondary N) is 1. The van der Waals surface area contributed by atoms with E-state index < -0.39 is 5.82 Å². The fourth-order valence-electron chi connectivity index (χ4n) is 2.28. The quantitative estimate of drug-likeness (QED) is 0.584. The van der Waals surface area contributed by atoms with E-state index in [9.17, 15) is 9.18 Å². The Balaban J connectivity index is 1.69. The standard InChI is InChI=1S/C20H14Cl2FNO2/c21-17-7-2-1-4-14(17)12-26-16-6-3-5-13(10-16)20(25)24-15-8-9-19(23)18(22)11-15/h1-11H,12H2,(H,24,25). The molecule has 1 N–H and O–H groups in total. The molecule has 0 aliphatic heterocycles. The van der Waals surface area contributed by atoms with Crippen molar-refractivity contribution in [3.63, 3.8) is 0 Å². The molecule has 3 nitrogen and oxygen atoms in total. The van der Waals surface area contributed by atoms with Gasteiger partial charge in [0.05, 0.1) is 5.02 Å². The van der Waals surface area contributed by atoms with Crippen molar-refractivity contribution >= 4 is 34.8 Å². The van der Waals surface area contributed by atoms with E-state index >= 15 is 0 Å². The van der Waals surface area contributed by atoms with E-state index in [1.54, 1.807) is 30.3 Å². The zero-order chi connectivity index (χ0) is 18.5. The van der Waals surface area contributed by atoms with Crippen molar-refractivity contribution < 1.29 is 13.9 Å². The van der Waals surface area contributed by atoms with Gasteiger partial charge >= 0.3 is 0 Å². The predicted octanol–water partition coefficient (Wildman–Crippen LogP) is 5.96. The lowest BCUT2D eigenvalue weighted by Gasteiger charge is -2.10. The Bertz CT molecular complexity index is 947. The summed E-state index contributed by atoms with van der Waals surface area (Å²) < 4.78 is 18.9. The van der Waals surface area contributed by atoms with Gasteiger partial charge in [-0.05, 0) is 42.5 Å². The highest BCUT2D eigenvalue weighted by atomic mass is 35.5. The molecule has 0 unspecified atom stereocenters. The van der Waals surface area contributed by atoms with Gasteiger partial charge in [-0.2, -0.15) is 0 Å². The second-order valence-corrected chi connectivity index (χ2v) is 6.31. The summed E-state index contributed by atoms with van der Waals surface area (Å²) in [6.45, 7) is 0.290. The third-order valence-corrected chi connectivity index (χ3v) is 4.28. The zero-order valence-electron chi connectivity index (χ0n) is 13.5. The average molecular weight is 390 g/mol. The van der Waals surface area contributed by atoms with Crippen molar-refractivity contribution in [1.29, 1.82) is 0 Å². The number of hydrogen-bond acceptors (Lipinski definition) is 2. The summed E-state index contributed by atoms with van der Waals surface area (Å²) in [5, 5.41) is 3.23. The summed E-state index contributed by atoms with van der Waals surface area (Å²) in [6, 6.07) is 18.1. The van der Waals surface area contributed by atoms with E-state index in [4.69, 9.17) is 27.9 Å². The molecule has 0 aliphatic carbocycles.